The fourth-order valence-corrected chi connectivity index (χ4v) is 2.21. The summed E-state index contributed by atoms with van der Waals surface area (Å²) in [5, 5.41) is 10.6. The molecule has 1 saturated heterocycles. The lowest BCUT2D eigenvalue weighted by Gasteiger charge is -2.28. The number of aliphatic hydroxyl groups is 1. The molecule has 0 amide bonds. The van der Waals surface area contributed by atoms with Crippen LogP contribution in [0.4, 0.5) is 0 Å². The molecule has 0 spiro atoms. The van der Waals surface area contributed by atoms with Crippen LogP contribution in [0.5, 0.6) is 5.75 Å². The number of benzene rings is 1. The normalized spacial score (nSPS) is 18.3. The Morgan fingerprint density at radius 2 is 2.16 bits per heavy atom. The summed E-state index contributed by atoms with van der Waals surface area (Å²) in [5.41, 5.74) is 1.02. The Balaban J connectivity index is 1.79. The molecule has 106 valence electrons. The smallest absolute Gasteiger partial charge is 0.123 e. The Bertz CT molecular complexity index is 408. The summed E-state index contributed by atoms with van der Waals surface area (Å²) in [4.78, 5) is 2.18. The molecule has 0 aromatic heterocycles. The molecule has 0 radical (unpaired) electrons. The van der Waals surface area contributed by atoms with E-state index in [0.717, 1.165) is 37.6 Å². The van der Waals surface area contributed by atoms with E-state index in [1.54, 1.807) is 6.07 Å². The third kappa shape index (κ3) is 4.66. The molecule has 4 nitrogen and oxygen atoms in total. The van der Waals surface area contributed by atoms with Gasteiger partial charge in [0, 0.05) is 24.7 Å². The number of halogens is 1. The zero-order valence-electron chi connectivity index (χ0n) is 11.1. The van der Waals surface area contributed by atoms with Crippen LogP contribution < -0.4 is 4.74 Å². The van der Waals surface area contributed by atoms with Gasteiger partial charge in [0.25, 0.3) is 0 Å². The van der Waals surface area contributed by atoms with Gasteiger partial charge in [0.1, 0.15) is 18.5 Å². The van der Waals surface area contributed by atoms with Crippen molar-refractivity contribution in [3.8, 4) is 5.75 Å². The molecule has 1 aromatic rings. The minimum atomic E-state index is -0.503. The summed E-state index contributed by atoms with van der Waals surface area (Å²) in [6, 6.07) is 5.51. The highest BCUT2D eigenvalue weighted by Gasteiger charge is 2.15. The monoisotopic (exact) mass is 285 g/mol. The first-order valence-electron chi connectivity index (χ1n) is 6.52. The zero-order chi connectivity index (χ0) is 13.7. The molecular formula is C14H20ClNO3. The van der Waals surface area contributed by atoms with Gasteiger partial charge in [-0.15, -0.1) is 0 Å². The van der Waals surface area contributed by atoms with E-state index in [2.05, 4.69) is 4.90 Å². The number of hydrogen-bond donors (Lipinski definition) is 1. The van der Waals surface area contributed by atoms with E-state index >= 15 is 0 Å². The standard InChI is InChI=1S/C14H20ClNO3/c1-11-2-3-12(15)8-14(11)19-10-13(17)9-16-4-6-18-7-5-16/h2-3,8,13,17H,4-7,9-10H2,1H3. The third-order valence-electron chi connectivity index (χ3n) is 3.15. The average molecular weight is 286 g/mol. The zero-order valence-corrected chi connectivity index (χ0v) is 11.9. The lowest BCUT2D eigenvalue weighted by molar-refractivity contribution is 0.00460. The SMILES string of the molecule is Cc1ccc(Cl)cc1OCC(O)CN1CCOCC1. The molecule has 5 heteroatoms. The van der Waals surface area contributed by atoms with Crippen molar-refractivity contribution >= 4 is 11.6 Å². The molecule has 1 aromatic carbocycles. The van der Waals surface area contributed by atoms with E-state index in [4.69, 9.17) is 21.1 Å². The summed E-state index contributed by atoms with van der Waals surface area (Å²) in [6.07, 6.45) is -0.503. The Kier molecular flexibility index (Phi) is 5.45. The highest BCUT2D eigenvalue weighted by molar-refractivity contribution is 6.30. The molecule has 1 fully saturated rings. The second kappa shape index (κ2) is 7.10. The maximum atomic E-state index is 9.98. The van der Waals surface area contributed by atoms with Crippen LogP contribution in [-0.2, 0) is 4.74 Å². The van der Waals surface area contributed by atoms with Crippen LogP contribution in [0.15, 0.2) is 18.2 Å². The molecule has 19 heavy (non-hydrogen) atoms. The molecule has 1 atom stereocenters. The Morgan fingerprint density at radius 1 is 1.42 bits per heavy atom. The van der Waals surface area contributed by atoms with Crippen LogP contribution in [-0.4, -0.2) is 55.6 Å². The number of nitrogens with zero attached hydrogens (tertiary/aromatic N) is 1. The summed E-state index contributed by atoms with van der Waals surface area (Å²) in [6.45, 7) is 6.06. The Labute approximate surface area is 118 Å². The highest BCUT2D eigenvalue weighted by atomic mass is 35.5. The van der Waals surface area contributed by atoms with Gasteiger partial charge in [0.15, 0.2) is 0 Å². The second-order valence-electron chi connectivity index (χ2n) is 4.79. The predicted octanol–water partition coefficient (Wildman–Crippen LogP) is 1.72. The van der Waals surface area contributed by atoms with Gasteiger partial charge >= 0.3 is 0 Å². The van der Waals surface area contributed by atoms with Crippen molar-refractivity contribution in [1.82, 2.24) is 4.90 Å². The van der Waals surface area contributed by atoms with Gasteiger partial charge in [0.05, 0.1) is 13.2 Å². The number of β-amino-alcohol motifs (C(OH)–C–C–N with tert-alkyl or cyclic N) is 1. The fraction of sp³-hybridized carbons (Fsp3) is 0.571. The van der Waals surface area contributed by atoms with Crippen LogP contribution in [0.2, 0.25) is 5.02 Å². The van der Waals surface area contributed by atoms with E-state index in [1.165, 1.54) is 0 Å². The van der Waals surface area contributed by atoms with Crippen molar-refractivity contribution < 1.29 is 14.6 Å². The van der Waals surface area contributed by atoms with Gasteiger partial charge in [-0.2, -0.15) is 0 Å². The van der Waals surface area contributed by atoms with Gasteiger partial charge in [-0.25, -0.2) is 0 Å². The predicted molar refractivity (Wildman–Crippen MR) is 74.9 cm³/mol. The molecule has 1 N–H and O–H groups in total. The number of aliphatic hydroxyl groups excluding tert-OH is 1. The molecule has 0 bridgehead atoms. The first-order valence-corrected chi connectivity index (χ1v) is 6.90. The lowest BCUT2D eigenvalue weighted by atomic mass is 10.2. The maximum Gasteiger partial charge on any atom is 0.123 e. The number of aryl methyl sites for hydroxylation is 1. The quantitative estimate of drug-likeness (QED) is 0.894. The first kappa shape index (κ1) is 14.6. The average Bonchev–Trinajstić information content (AvgIpc) is 2.41. The second-order valence-corrected chi connectivity index (χ2v) is 5.22. The number of hydrogen-bond acceptors (Lipinski definition) is 4. The molecule has 0 saturated carbocycles. The highest BCUT2D eigenvalue weighted by Crippen LogP contribution is 2.22. The lowest BCUT2D eigenvalue weighted by Crippen LogP contribution is -2.42. The van der Waals surface area contributed by atoms with Gasteiger partial charge in [-0.1, -0.05) is 17.7 Å². The molecule has 1 aliphatic rings. The van der Waals surface area contributed by atoms with Crippen molar-refractivity contribution in [2.75, 3.05) is 39.5 Å². The van der Waals surface area contributed by atoms with Crippen LogP contribution in [0.1, 0.15) is 5.56 Å². The van der Waals surface area contributed by atoms with Crippen LogP contribution >= 0.6 is 11.6 Å². The van der Waals surface area contributed by atoms with E-state index in [1.807, 2.05) is 19.1 Å². The van der Waals surface area contributed by atoms with Crippen molar-refractivity contribution in [2.24, 2.45) is 0 Å². The van der Waals surface area contributed by atoms with E-state index < -0.39 is 6.10 Å². The summed E-state index contributed by atoms with van der Waals surface area (Å²) >= 11 is 5.92. The van der Waals surface area contributed by atoms with E-state index in [9.17, 15) is 5.11 Å². The van der Waals surface area contributed by atoms with Crippen molar-refractivity contribution in [1.29, 1.82) is 0 Å². The summed E-state index contributed by atoms with van der Waals surface area (Å²) in [7, 11) is 0. The molecule has 2 rings (SSSR count). The molecule has 0 aliphatic carbocycles. The van der Waals surface area contributed by atoms with Crippen LogP contribution in [0.25, 0.3) is 0 Å². The van der Waals surface area contributed by atoms with Gasteiger partial charge in [-0.3, -0.25) is 4.90 Å². The Hall–Kier alpha value is -0.810. The summed E-state index contributed by atoms with van der Waals surface area (Å²) in [5.74, 6) is 0.730. The molecule has 1 unspecified atom stereocenters. The van der Waals surface area contributed by atoms with Gasteiger partial charge < -0.3 is 14.6 Å². The van der Waals surface area contributed by atoms with Crippen molar-refractivity contribution in [3.63, 3.8) is 0 Å². The number of rotatable bonds is 5. The number of ether oxygens (including phenoxy) is 2. The number of morpholine rings is 1. The van der Waals surface area contributed by atoms with Crippen LogP contribution in [0, 0.1) is 6.92 Å². The van der Waals surface area contributed by atoms with Crippen molar-refractivity contribution in [3.05, 3.63) is 28.8 Å². The first-order chi connectivity index (χ1) is 9.15. The fourth-order valence-electron chi connectivity index (χ4n) is 2.05. The van der Waals surface area contributed by atoms with Gasteiger partial charge in [0.2, 0.25) is 0 Å². The minimum Gasteiger partial charge on any atom is -0.491 e. The van der Waals surface area contributed by atoms with Crippen LogP contribution in [0.3, 0.4) is 0 Å². The largest absolute Gasteiger partial charge is 0.491 e. The molecule has 1 heterocycles. The Morgan fingerprint density at radius 3 is 2.89 bits per heavy atom. The van der Waals surface area contributed by atoms with Gasteiger partial charge in [-0.05, 0) is 24.6 Å². The molecular weight excluding hydrogens is 266 g/mol. The minimum absolute atomic E-state index is 0.276. The maximum absolute atomic E-state index is 9.98. The van der Waals surface area contributed by atoms with E-state index in [-0.39, 0.29) is 6.61 Å². The topological polar surface area (TPSA) is 41.9 Å². The third-order valence-corrected chi connectivity index (χ3v) is 3.39. The van der Waals surface area contributed by atoms with E-state index in [0.29, 0.717) is 11.6 Å². The van der Waals surface area contributed by atoms with Crippen molar-refractivity contribution in [2.45, 2.75) is 13.0 Å². The molecule has 1 aliphatic heterocycles. The summed E-state index contributed by atoms with van der Waals surface area (Å²) < 4.78 is 10.9.